The van der Waals surface area contributed by atoms with E-state index >= 15 is 0 Å². The summed E-state index contributed by atoms with van der Waals surface area (Å²) in [4.78, 5) is 25.5. The number of hydrogen-bond donors (Lipinski definition) is 0. The quantitative estimate of drug-likeness (QED) is 0.618. The molecule has 4 heteroatoms. The molecule has 0 saturated carbocycles. The van der Waals surface area contributed by atoms with Gasteiger partial charge >= 0.3 is 0 Å². The Kier molecular flexibility index (Phi) is 4.00. The molecule has 2 rings (SSSR count). The van der Waals surface area contributed by atoms with Crippen molar-refractivity contribution in [2.45, 2.75) is 57.8 Å². The smallest absolute Gasteiger partial charge is 0.249 e. The van der Waals surface area contributed by atoms with Crippen LogP contribution in [0.1, 0.15) is 57.8 Å². The Morgan fingerprint density at radius 3 is 2.39 bits per heavy atom. The minimum atomic E-state index is -0.908. The van der Waals surface area contributed by atoms with E-state index in [0.717, 1.165) is 38.5 Å². The minimum Gasteiger partial charge on any atom is -0.281 e. The molecule has 18 heavy (non-hydrogen) atoms. The minimum absolute atomic E-state index is 0.0855. The van der Waals surface area contributed by atoms with Gasteiger partial charge in [0.25, 0.3) is 0 Å². The molecule has 0 aromatic rings. The molecule has 2 fully saturated rings. The molecule has 2 aliphatic heterocycles. The Labute approximate surface area is 108 Å². The molecule has 0 aliphatic carbocycles. The van der Waals surface area contributed by atoms with Crippen molar-refractivity contribution in [1.82, 2.24) is 4.90 Å². The molecule has 2 bridgehead atoms. The summed E-state index contributed by atoms with van der Waals surface area (Å²) in [5, 5.41) is 9.32. The van der Waals surface area contributed by atoms with Gasteiger partial charge in [0.1, 0.15) is 5.41 Å². The second kappa shape index (κ2) is 5.51. The van der Waals surface area contributed by atoms with Crippen molar-refractivity contribution in [1.29, 1.82) is 5.26 Å². The van der Waals surface area contributed by atoms with Crippen molar-refractivity contribution in [3.8, 4) is 6.07 Å². The van der Waals surface area contributed by atoms with Crippen LogP contribution in [0.3, 0.4) is 0 Å². The van der Waals surface area contributed by atoms with Crippen molar-refractivity contribution < 1.29 is 9.59 Å². The van der Waals surface area contributed by atoms with E-state index in [-0.39, 0.29) is 11.8 Å². The van der Waals surface area contributed by atoms with Crippen molar-refractivity contribution in [3.05, 3.63) is 0 Å². The number of fused-ring (bicyclic) bond motifs is 2. The summed E-state index contributed by atoms with van der Waals surface area (Å²) in [5.74, 6) is -0.326. The largest absolute Gasteiger partial charge is 0.281 e. The summed E-state index contributed by atoms with van der Waals surface area (Å²) in [7, 11) is 0. The molecule has 1 unspecified atom stereocenters. The van der Waals surface area contributed by atoms with Gasteiger partial charge in [0, 0.05) is 13.0 Å². The standard InChI is InChI=1S/C14H20N2O2/c15-11-14-8-6-4-2-1-3-5-7-12(17)16(10-9-14)13(14)18/h1-10H2. The number of carbonyl (C=O) groups is 2. The first-order chi connectivity index (χ1) is 8.69. The molecular weight excluding hydrogens is 228 g/mol. The average molecular weight is 248 g/mol. The number of imide groups is 1. The molecule has 2 aliphatic rings. The molecule has 2 saturated heterocycles. The molecule has 98 valence electrons. The third kappa shape index (κ3) is 2.40. The summed E-state index contributed by atoms with van der Waals surface area (Å²) >= 11 is 0. The molecule has 4 nitrogen and oxygen atoms in total. The zero-order valence-corrected chi connectivity index (χ0v) is 10.8. The van der Waals surface area contributed by atoms with Gasteiger partial charge in [-0.3, -0.25) is 14.5 Å². The third-order valence-corrected chi connectivity index (χ3v) is 4.18. The molecule has 0 aromatic heterocycles. The number of hydrogen-bond acceptors (Lipinski definition) is 3. The van der Waals surface area contributed by atoms with E-state index in [9.17, 15) is 14.9 Å². The van der Waals surface area contributed by atoms with Crippen LogP contribution in [0.5, 0.6) is 0 Å². The molecule has 2 amide bonds. The number of rotatable bonds is 0. The predicted molar refractivity (Wildman–Crippen MR) is 66.3 cm³/mol. The van der Waals surface area contributed by atoms with Gasteiger partial charge in [-0.1, -0.05) is 32.1 Å². The number of nitriles is 1. The SMILES string of the molecule is N#CC12CCCCCCCCC(=O)N(CC1)C2=O. The maximum absolute atomic E-state index is 12.3. The van der Waals surface area contributed by atoms with Crippen molar-refractivity contribution in [2.24, 2.45) is 5.41 Å². The Hall–Kier alpha value is -1.37. The first-order valence-electron chi connectivity index (χ1n) is 6.96. The maximum atomic E-state index is 12.3. The van der Waals surface area contributed by atoms with E-state index in [0.29, 0.717) is 25.8 Å². The van der Waals surface area contributed by atoms with E-state index in [1.807, 2.05) is 0 Å². The van der Waals surface area contributed by atoms with Crippen molar-refractivity contribution in [3.63, 3.8) is 0 Å². The zero-order chi connectivity index (χ0) is 13.0. The molecule has 0 radical (unpaired) electrons. The summed E-state index contributed by atoms with van der Waals surface area (Å²) in [6.07, 6.45) is 7.83. The lowest BCUT2D eigenvalue weighted by molar-refractivity contribution is -0.145. The number of nitrogens with zero attached hydrogens (tertiary/aromatic N) is 2. The van der Waals surface area contributed by atoms with E-state index < -0.39 is 5.41 Å². The fraction of sp³-hybridized carbons (Fsp3) is 0.786. The van der Waals surface area contributed by atoms with Gasteiger partial charge in [-0.15, -0.1) is 0 Å². The molecule has 0 aromatic carbocycles. The van der Waals surface area contributed by atoms with Crippen molar-refractivity contribution in [2.75, 3.05) is 6.54 Å². The van der Waals surface area contributed by atoms with Gasteiger partial charge in [0.15, 0.2) is 0 Å². The molecule has 2 heterocycles. The zero-order valence-electron chi connectivity index (χ0n) is 10.8. The summed E-state index contributed by atoms with van der Waals surface area (Å²) in [6, 6.07) is 2.19. The van der Waals surface area contributed by atoms with Crippen LogP contribution in [0.4, 0.5) is 0 Å². The maximum Gasteiger partial charge on any atom is 0.249 e. The summed E-state index contributed by atoms with van der Waals surface area (Å²) in [5.41, 5.74) is -0.908. The van der Waals surface area contributed by atoms with Crippen LogP contribution in [-0.4, -0.2) is 23.3 Å². The second-order valence-electron chi connectivity index (χ2n) is 5.42. The molecule has 0 spiro atoms. The molecule has 0 N–H and O–H groups in total. The topological polar surface area (TPSA) is 61.2 Å². The van der Waals surface area contributed by atoms with E-state index in [4.69, 9.17) is 0 Å². The lowest BCUT2D eigenvalue weighted by Gasteiger charge is -2.20. The Bertz CT molecular complexity index is 386. The molecular formula is C14H20N2O2. The van der Waals surface area contributed by atoms with Crippen LogP contribution in [0.15, 0.2) is 0 Å². The summed E-state index contributed by atoms with van der Waals surface area (Å²) in [6.45, 7) is 0.436. The highest BCUT2D eigenvalue weighted by atomic mass is 16.2. The highest BCUT2D eigenvalue weighted by Gasteiger charge is 2.48. The number of amides is 2. The Morgan fingerprint density at radius 2 is 1.67 bits per heavy atom. The van der Waals surface area contributed by atoms with Crippen molar-refractivity contribution >= 4 is 11.8 Å². The fourth-order valence-corrected chi connectivity index (χ4v) is 2.94. The van der Waals surface area contributed by atoms with Crippen LogP contribution < -0.4 is 0 Å². The second-order valence-corrected chi connectivity index (χ2v) is 5.42. The highest BCUT2D eigenvalue weighted by Crippen LogP contribution is 2.37. The Balaban J connectivity index is 2.15. The van der Waals surface area contributed by atoms with Gasteiger partial charge in [-0.2, -0.15) is 5.26 Å². The first-order valence-corrected chi connectivity index (χ1v) is 6.96. The highest BCUT2D eigenvalue weighted by molar-refractivity contribution is 6.01. The monoisotopic (exact) mass is 248 g/mol. The van der Waals surface area contributed by atoms with Crippen LogP contribution in [0.25, 0.3) is 0 Å². The van der Waals surface area contributed by atoms with Gasteiger partial charge in [-0.05, 0) is 19.3 Å². The van der Waals surface area contributed by atoms with Gasteiger partial charge in [-0.25, -0.2) is 0 Å². The van der Waals surface area contributed by atoms with Crippen LogP contribution in [0, 0.1) is 16.7 Å². The van der Waals surface area contributed by atoms with Gasteiger partial charge < -0.3 is 0 Å². The lowest BCUT2D eigenvalue weighted by Crippen LogP contribution is -2.37. The van der Waals surface area contributed by atoms with Crippen LogP contribution in [-0.2, 0) is 9.59 Å². The van der Waals surface area contributed by atoms with E-state index in [1.54, 1.807) is 0 Å². The summed E-state index contributed by atoms with van der Waals surface area (Å²) < 4.78 is 0. The first kappa shape index (κ1) is 13.1. The predicted octanol–water partition coefficient (Wildman–Crippen LogP) is 2.39. The van der Waals surface area contributed by atoms with Crippen LogP contribution >= 0.6 is 0 Å². The third-order valence-electron chi connectivity index (χ3n) is 4.18. The molecule has 1 atom stereocenters. The van der Waals surface area contributed by atoms with E-state index in [1.165, 1.54) is 4.90 Å². The number of carbonyl (C=O) groups excluding carboxylic acids is 2. The normalized spacial score (nSPS) is 30.5. The van der Waals surface area contributed by atoms with Gasteiger partial charge in [0.2, 0.25) is 11.8 Å². The lowest BCUT2D eigenvalue weighted by atomic mass is 9.82. The average Bonchev–Trinajstić information content (AvgIpc) is 2.70. The fourth-order valence-electron chi connectivity index (χ4n) is 2.94. The Morgan fingerprint density at radius 1 is 1.00 bits per heavy atom. The van der Waals surface area contributed by atoms with Crippen LogP contribution in [0.2, 0.25) is 0 Å². The van der Waals surface area contributed by atoms with Gasteiger partial charge in [0.05, 0.1) is 6.07 Å². The van der Waals surface area contributed by atoms with E-state index in [2.05, 4.69) is 6.07 Å².